The Hall–Kier alpha value is -1.07. The minimum absolute atomic E-state index is 0.164. The van der Waals surface area contributed by atoms with Gasteiger partial charge >= 0.3 is 7.48 Å². The van der Waals surface area contributed by atoms with Crippen LogP contribution in [0.2, 0.25) is 0 Å². The summed E-state index contributed by atoms with van der Waals surface area (Å²) in [6.07, 6.45) is 0. The van der Waals surface area contributed by atoms with E-state index < -0.39 is 0 Å². The highest BCUT2D eigenvalue weighted by Crippen LogP contribution is 2.09. The maximum atomic E-state index is 12.8. The van der Waals surface area contributed by atoms with Crippen molar-refractivity contribution in [1.29, 1.82) is 0 Å². The van der Waals surface area contributed by atoms with Gasteiger partial charge in [-0.25, -0.2) is 4.39 Å². The number of methoxy groups -OCH3 is 1. The van der Waals surface area contributed by atoms with Gasteiger partial charge in [0.05, 0.1) is 6.61 Å². The van der Waals surface area contributed by atoms with Crippen molar-refractivity contribution in [2.45, 2.75) is 0 Å². The number of hydrogen-bond acceptors (Lipinski definition) is 3. The fourth-order valence-corrected chi connectivity index (χ4v) is 1.03. The minimum Gasteiger partial charge on any atom is -0.492 e. The van der Waals surface area contributed by atoms with Crippen LogP contribution in [0.15, 0.2) is 18.2 Å². The summed E-state index contributed by atoms with van der Waals surface area (Å²) in [4.78, 5) is 0. The molecule has 0 aliphatic rings. The van der Waals surface area contributed by atoms with Crippen molar-refractivity contribution in [3.05, 3.63) is 24.0 Å². The average Bonchev–Trinajstić information content (AvgIpc) is 2.19. The molecule has 1 rings (SSSR count). The van der Waals surface area contributed by atoms with E-state index in [1.807, 2.05) is 0 Å². The molecular formula is C9H12BFO3. The predicted molar refractivity (Wildman–Crippen MR) is 52.8 cm³/mol. The van der Waals surface area contributed by atoms with E-state index in [1.165, 1.54) is 18.2 Å². The van der Waals surface area contributed by atoms with E-state index in [9.17, 15) is 4.39 Å². The molecule has 0 amide bonds. The van der Waals surface area contributed by atoms with Gasteiger partial charge in [0.25, 0.3) is 0 Å². The molecule has 5 heteroatoms. The highest BCUT2D eigenvalue weighted by atomic mass is 19.1. The summed E-state index contributed by atoms with van der Waals surface area (Å²) in [5, 5.41) is 8.93. The molecule has 0 saturated carbocycles. The molecule has 0 saturated heterocycles. The third-order valence-corrected chi connectivity index (χ3v) is 1.74. The van der Waals surface area contributed by atoms with Crippen molar-refractivity contribution >= 4 is 12.9 Å². The first-order valence-corrected chi connectivity index (χ1v) is 4.29. The Kier molecular flexibility index (Phi) is 4.42. The van der Waals surface area contributed by atoms with Crippen LogP contribution in [-0.2, 0) is 4.74 Å². The first-order valence-electron chi connectivity index (χ1n) is 4.29. The molecule has 3 nitrogen and oxygen atoms in total. The molecule has 0 radical (unpaired) electrons. The Morgan fingerprint density at radius 2 is 2.21 bits per heavy atom. The summed E-state index contributed by atoms with van der Waals surface area (Å²) >= 11 is 0. The van der Waals surface area contributed by atoms with Crippen molar-refractivity contribution < 1.29 is 18.9 Å². The van der Waals surface area contributed by atoms with Crippen molar-refractivity contribution in [1.82, 2.24) is 0 Å². The van der Waals surface area contributed by atoms with Gasteiger partial charge in [0, 0.05) is 13.2 Å². The smallest absolute Gasteiger partial charge is 0.308 e. The summed E-state index contributed by atoms with van der Waals surface area (Å²) in [5.41, 5.74) is 0.572. The number of benzene rings is 1. The quantitative estimate of drug-likeness (QED) is 0.526. The minimum atomic E-state index is -0.380. The Labute approximate surface area is 82.7 Å². The van der Waals surface area contributed by atoms with Gasteiger partial charge in [0.15, 0.2) is 0 Å². The summed E-state index contributed by atoms with van der Waals surface area (Å²) in [7, 11) is 1.39. The van der Waals surface area contributed by atoms with Crippen LogP contribution in [0.3, 0.4) is 0 Å². The zero-order chi connectivity index (χ0) is 10.4. The fourth-order valence-electron chi connectivity index (χ4n) is 1.03. The van der Waals surface area contributed by atoms with Crippen molar-refractivity contribution in [3.8, 4) is 5.75 Å². The zero-order valence-electron chi connectivity index (χ0n) is 8.00. The highest BCUT2D eigenvalue weighted by molar-refractivity contribution is 6.46. The monoisotopic (exact) mass is 198 g/mol. The standard InChI is InChI=1S/C9H12BFO3/c1-13-4-5-14-9-6-7(11)2-3-8(9)10-12/h2-3,6,10,12H,4-5H2,1H3. The van der Waals surface area contributed by atoms with Crippen LogP contribution in [0.5, 0.6) is 5.75 Å². The summed E-state index contributed by atoms with van der Waals surface area (Å²) < 4.78 is 22.8. The van der Waals surface area contributed by atoms with Crippen LogP contribution in [0.25, 0.3) is 0 Å². The van der Waals surface area contributed by atoms with Crippen molar-refractivity contribution in [2.24, 2.45) is 0 Å². The molecule has 76 valence electrons. The summed E-state index contributed by atoms with van der Waals surface area (Å²) in [5.74, 6) is -0.0147. The van der Waals surface area contributed by atoms with Crippen molar-refractivity contribution in [2.75, 3.05) is 20.3 Å². The molecule has 0 bridgehead atoms. The molecule has 0 aliphatic heterocycles. The number of ether oxygens (including phenoxy) is 2. The first-order chi connectivity index (χ1) is 6.77. The lowest BCUT2D eigenvalue weighted by Crippen LogP contribution is -2.19. The van der Waals surface area contributed by atoms with Gasteiger partial charge in [0.1, 0.15) is 18.2 Å². The molecule has 14 heavy (non-hydrogen) atoms. The van der Waals surface area contributed by atoms with Crippen LogP contribution >= 0.6 is 0 Å². The second-order valence-corrected chi connectivity index (χ2v) is 2.75. The van der Waals surface area contributed by atoms with Gasteiger partial charge in [-0.15, -0.1) is 0 Å². The number of halogens is 1. The average molecular weight is 198 g/mol. The lowest BCUT2D eigenvalue weighted by molar-refractivity contribution is 0.146. The van der Waals surface area contributed by atoms with E-state index in [4.69, 9.17) is 14.5 Å². The van der Waals surface area contributed by atoms with Crippen LogP contribution < -0.4 is 10.2 Å². The molecule has 0 heterocycles. The van der Waals surface area contributed by atoms with E-state index in [-0.39, 0.29) is 13.3 Å². The Morgan fingerprint density at radius 1 is 1.43 bits per heavy atom. The highest BCUT2D eigenvalue weighted by Gasteiger charge is 2.05. The molecule has 0 atom stereocenters. The van der Waals surface area contributed by atoms with Crippen LogP contribution in [0.1, 0.15) is 0 Å². The molecule has 0 spiro atoms. The normalized spacial score (nSPS) is 9.93. The molecule has 0 fully saturated rings. The van der Waals surface area contributed by atoms with Gasteiger partial charge in [-0.1, -0.05) is 6.07 Å². The maximum absolute atomic E-state index is 12.8. The number of rotatable bonds is 5. The molecule has 1 N–H and O–H groups in total. The van der Waals surface area contributed by atoms with Gasteiger partial charge in [-0.2, -0.15) is 0 Å². The van der Waals surface area contributed by atoms with E-state index in [0.717, 1.165) is 0 Å². The van der Waals surface area contributed by atoms with Crippen LogP contribution in [-0.4, -0.2) is 32.8 Å². The van der Waals surface area contributed by atoms with E-state index in [0.29, 0.717) is 24.4 Å². The van der Waals surface area contributed by atoms with E-state index >= 15 is 0 Å². The predicted octanol–water partition coefficient (Wildman–Crippen LogP) is -0.180. The van der Waals surface area contributed by atoms with E-state index in [1.54, 1.807) is 7.11 Å². The second kappa shape index (κ2) is 5.62. The summed E-state index contributed by atoms with van der Waals surface area (Å²) in [6.45, 7) is 0.772. The van der Waals surface area contributed by atoms with E-state index in [2.05, 4.69) is 0 Å². The SMILES string of the molecule is COCCOc1cc(F)ccc1BO. The Balaban J connectivity index is 2.67. The van der Waals surface area contributed by atoms with Gasteiger partial charge in [0.2, 0.25) is 0 Å². The molecule has 0 aliphatic carbocycles. The molecule has 0 unspecified atom stereocenters. The third kappa shape index (κ3) is 3.01. The number of hydrogen-bond donors (Lipinski definition) is 1. The molecule has 1 aromatic carbocycles. The largest absolute Gasteiger partial charge is 0.492 e. The maximum Gasteiger partial charge on any atom is 0.308 e. The second-order valence-electron chi connectivity index (χ2n) is 2.75. The Bertz CT molecular complexity index is 293. The topological polar surface area (TPSA) is 38.7 Å². The van der Waals surface area contributed by atoms with Crippen LogP contribution in [0.4, 0.5) is 4.39 Å². The molecule has 1 aromatic rings. The third-order valence-electron chi connectivity index (χ3n) is 1.74. The first kappa shape index (κ1) is 11.0. The molecular weight excluding hydrogens is 186 g/mol. The lowest BCUT2D eigenvalue weighted by atomic mass is 9.88. The Morgan fingerprint density at radius 3 is 2.86 bits per heavy atom. The van der Waals surface area contributed by atoms with Gasteiger partial charge < -0.3 is 14.5 Å². The van der Waals surface area contributed by atoms with Gasteiger partial charge in [-0.3, -0.25) is 0 Å². The van der Waals surface area contributed by atoms with Gasteiger partial charge in [-0.05, 0) is 11.5 Å². The summed E-state index contributed by atoms with van der Waals surface area (Å²) in [6, 6.07) is 4.04. The fraction of sp³-hybridized carbons (Fsp3) is 0.333. The van der Waals surface area contributed by atoms with Crippen molar-refractivity contribution in [3.63, 3.8) is 0 Å². The molecule has 0 aromatic heterocycles. The lowest BCUT2D eigenvalue weighted by Gasteiger charge is -2.08. The van der Waals surface area contributed by atoms with Crippen LogP contribution in [0, 0.1) is 5.82 Å². The zero-order valence-corrected chi connectivity index (χ0v) is 8.00.